The number of benzene rings is 1. The SMILES string of the molecule is CC1CCCN1c1ccc(Cl)cc1CCN. The highest BCUT2D eigenvalue weighted by molar-refractivity contribution is 6.30. The smallest absolute Gasteiger partial charge is 0.0410 e. The summed E-state index contributed by atoms with van der Waals surface area (Å²) < 4.78 is 0. The first-order valence-electron chi connectivity index (χ1n) is 5.97. The highest BCUT2D eigenvalue weighted by Crippen LogP contribution is 2.30. The Morgan fingerprint density at radius 1 is 1.50 bits per heavy atom. The first-order valence-corrected chi connectivity index (χ1v) is 6.35. The third kappa shape index (κ3) is 2.33. The van der Waals surface area contributed by atoms with Crippen molar-refractivity contribution in [3.63, 3.8) is 0 Å². The van der Waals surface area contributed by atoms with Crippen molar-refractivity contribution in [2.24, 2.45) is 5.73 Å². The van der Waals surface area contributed by atoms with E-state index < -0.39 is 0 Å². The third-order valence-corrected chi connectivity index (χ3v) is 3.55. The zero-order chi connectivity index (χ0) is 11.5. The molecule has 1 heterocycles. The van der Waals surface area contributed by atoms with Gasteiger partial charge in [-0.15, -0.1) is 0 Å². The summed E-state index contributed by atoms with van der Waals surface area (Å²) in [6.07, 6.45) is 3.47. The molecule has 0 radical (unpaired) electrons. The maximum atomic E-state index is 6.04. The lowest BCUT2D eigenvalue weighted by Gasteiger charge is -2.26. The van der Waals surface area contributed by atoms with E-state index in [1.165, 1.54) is 24.1 Å². The Balaban J connectivity index is 2.31. The van der Waals surface area contributed by atoms with Gasteiger partial charge in [-0.05, 0) is 56.5 Å². The van der Waals surface area contributed by atoms with Gasteiger partial charge in [-0.1, -0.05) is 11.6 Å². The van der Waals surface area contributed by atoms with Crippen LogP contribution in [0.5, 0.6) is 0 Å². The molecule has 0 saturated carbocycles. The largest absolute Gasteiger partial charge is 0.369 e. The lowest BCUT2D eigenvalue weighted by molar-refractivity contribution is 0.731. The van der Waals surface area contributed by atoms with E-state index in [2.05, 4.69) is 24.0 Å². The Kier molecular flexibility index (Phi) is 3.72. The molecule has 2 N–H and O–H groups in total. The van der Waals surface area contributed by atoms with E-state index >= 15 is 0 Å². The van der Waals surface area contributed by atoms with E-state index in [0.717, 1.165) is 18.0 Å². The topological polar surface area (TPSA) is 29.3 Å². The summed E-state index contributed by atoms with van der Waals surface area (Å²) in [4.78, 5) is 2.47. The highest BCUT2D eigenvalue weighted by atomic mass is 35.5. The van der Waals surface area contributed by atoms with Gasteiger partial charge in [0, 0.05) is 23.3 Å². The minimum Gasteiger partial charge on any atom is -0.369 e. The average molecular weight is 239 g/mol. The second-order valence-corrected chi connectivity index (χ2v) is 4.93. The van der Waals surface area contributed by atoms with Crippen LogP contribution in [0.3, 0.4) is 0 Å². The van der Waals surface area contributed by atoms with Crippen molar-refractivity contribution in [2.45, 2.75) is 32.2 Å². The quantitative estimate of drug-likeness (QED) is 0.878. The van der Waals surface area contributed by atoms with Crippen molar-refractivity contribution in [2.75, 3.05) is 18.0 Å². The molecule has 16 heavy (non-hydrogen) atoms. The third-order valence-electron chi connectivity index (χ3n) is 3.32. The number of halogens is 1. The Hall–Kier alpha value is -0.730. The molecule has 1 aromatic rings. The van der Waals surface area contributed by atoms with Crippen LogP contribution in [0.25, 0.3) is 0 Å². The van der Waals surface area contributed by atoms with Crippen LogP contribution >= 0.6 is 11.6 Å². The molecule has 0 bridgehead atoms. The van der Waals surface area contributed by atoms with E-state index in [9.17, 15) is 0 Å². The molecule has 0 amide bonds. The zero-order valence-electron chi connectivity index (χ0n) is 9.75. The van der Waals surface area contributed by atoms with Gasteiger partial charge in [0.25, 0.3) is 0 Å². The van der Waals surface area contributed by atoms with Gasteiger partial charge >= 0.3 is 0 Å². The van der Waals surface area contributed by atoms with Crippen LogP contribution < -0.4 is 10.6 Å². The van der Waals surface area contributed by atoms with E-state index in [0.29, 0.717) is 12.6 Å². The number of anilines is 1. The molecule has 1 aromatic carbocycles. The van der Waals surface area contributed by atoms with Crippen LogP contribution in [0.1, 0.15) is 25.3 Å². The van der Waals surface area contributed by atoms with Crippen LogP contribution in [0.2, 0.25) is 5.02 Å². The van der Waals surface area contributed by atoms with Gasteiger partial charge in [-0.3, -0.25) is 0 Å². The van der Waals surface area contributed by atoms with E-state index in [4.69, 9.17) is 17.3 Å². The molecule has 1 unspecified atom stereocenters. The fourth-order valence-corrected chi connectivity index (χ4v) is 2.68. The molecule has 1 aliphatic heterocycles. The molecule has 3 heteroatoms. The second kappa shape index (κ2) is 5.07. The maximum absolute atomic E-state index is 6.04. The molecule has 2 nitrogen and oxygen atoms in total. The van der Waals surface area contributed by atoms with Crippen molar-refractivity contribution >= 4 is 17.3 Å². The summed E-state index contributed by atoms with van der Waals surface area (Å²) in [7, 11) is 0. The molecule has 1 atom stereocenters. The van der Waals surface area contributed by atoms with E-state index in [1.54, 1.807) is 0 Å². The number of nitrogens with zero attached hydrogens (tertiary/aromatic N) is 1. The molecular formula is C13H19ClN2. The Labute approximate surface area is 102 Å². The van der Waals surface area contributed by atoms with Gasteiger partial charge in [0.1, 0.15) is 0 Å². The molecule has 0 spiro atoms. The minimum atomic E-state index is 0.637. The summed E-state index contributed by atoms with van der Waals surface area (Å²) in [5, 5.41) is 0.805. The molecule has 1 aliphatic rings. The van der Waals surface area contributed by atoms with Gasteiger partial charge in [-0.2, -0.15) is 0 Å². The molecule has 2 rings (SSSR count). The standard InChI is InChI=1S/C13H19ClN2/c1-10-3-2-8-16(10)13-5-4-12(14)9-11(13)6-7-15/h4-5,9-10H,2-3,6-8,15H2,1H3. The van der Waals surface area contributed by atoms with Crippen LogP contribution in [-0.4, -0.2) is 19.1 Å². The predicted octanol–water partition coefficient (Wildman–Crippen LogP) is 2.83. The van der Waals surface area contributed by atoms with Gasteiger partial charge in [0.05, 0.1) is 0 Å². The fourth-order valence-electron chi connectivity index (χ4n) is 2.48. The average Bonchev–Trinajstić information content (AvgIpc) is 2.65. The van der Waals surface area contributed by atoms with Gasteiger partial charge in [0.15, 0.2) is 0 Å². The summed E-state index contributed by atoms with van der Waals surface area (Å²) in [5.74, 6) is 0. The zero-order valence-corrected chi connectivity index (χ0v) is 10.5. The van der Waals surface area contributed by atoms with Crippen LogP contribution in [0.4, 0.5) is 5.69 Å². The molecule has 1 saturated heterocycles. The molecule has 1 fully saturated rings. The van der Waals surface area contributed by atoms with Gasteiger partial charge < -0.3 is 10.6 Å². The maximum Gasteiger partial charge on any atom is 0.0410 e. The monoisotopic (exact) mass is 238 g/mol. The summed E-state index contributed by atoms with van der Waals surface area (Å²) >= 11 is 6.04. The van der Waals surface area contributed by atoms with Crippen LogP contribution in [0.15, 0.2) is 18.2 Å². The molecule has 0 aromatic heterocycles. The molecule has 0 aliphatic carbocycles. The van der Waals surface area contributed by atoms with Crippen molar-refractivity contribution in [3.05, 3.63) is 28.8 Å². The van der Waals surface area contributed by atoms with Crippen LogP contribution in [-0.2, 0) is 6.42 Å². The Morgan fingerprint density at radius 3 is 2.94 bits per heavy atom. The summed E-state index contributed by atoms with van der Waals surface area (Å²) in [6.45, 7) is 4.11. The first kappa shape index (κ1) is 11.7. The van der Waals surface area contributed by atoms with E-state index in [-0.39, 0.29) is 0 Å². The predicted molar refractivity (Wildman–Crippen MR) is 70.3 cm³/mol. The van der Waals surface area contributed by atoms with Crippen molar-refractivity contribution in [3.8, 4) is 0 Å². The fraction of sp³-hybridized carbons (Fsp3) is 0.538. The van der Waals surface area contributed by atoms with Gasteiger partial charge in [0.2, 0.25) is 0 Å². The summed E-state index contributed by atoms with van der Waals surface area (Å²) in [5.41, 5.74) is 8.25. The molecular weight excluding hydrogens is 220 g/mol. The Bertz CT molecular complexity index is 365. The normalized spacial score (nSPS) is 20.4. The lowest BCUT2D eigenvalue weighted by Crippen LogP contribution is -2.27. The number of hydrogen-bond acceptors (Lipinski definition) is 2. The summed E-state index contributed by atoms with van der Waals surface area (Å²) in [6, 6.07) is 6.80. The second-order valence-electron chi connectivity index (χ2n) is 4.50. The first-order chi connectivity index (χ1) is 7.72. The van der Waals surface area contributed by atoms with Gasteiger partial charge in [-0.25, -0.2) is 0 Å². The van der Waals surface area contributed by atoms with Crippen LogP contribution in [0, 0.1) is 0 Å². The number of hydrogen-bond donors (Lipinski definition) is 1. The number of rotatable bonds is 3. The molecule has 88 valence electrons. The van der Waals surface area contributed by atoms with Crippen molar-refractivity contribution in [1.29, 1.82) is 0 Å². The highest BCUT2D eigenvalue weighted by Gasteiger charge is 2.22. The van der Waals surface area contributed by atoms with E-state index in [1.807, 2.05) is 6.07 Å². The van der Waals surface area contributed by atoms with Crippen molar-refractivity contribution < 1.29 is 0 Å². The Morgan fingerprint density at radius 2 is 2.31 bits per heavy atom. The lowest BCUT2D eigenvalue weighted by atomic mass is 10.1. The minimum absolute atomic E-state index is 0.637. The van der Waals surface area contributed by atoms with Crippen molar-refractivity contribution in [1.82, 2.24) is 0 Å². The number of nitrogens with two attached hydrogens (primary N) is 1.